The molecule has 1 atom stereocenters. The highest BCUT2D eigenvalue weighted by molar-refractivity contribution is 6.36. The number of phenols is 1. The van der Waals surface area contributed by atoms with Gasteiger partial charge in [-0.2, -0.15) is 0 Å². The quantitative estimate of drug-likeness (QED) is 0.446. The molecule has 1 unspecified atom stereocenters. The van der Waals surface area contributed by atoms with Crippen LogP contribution in [0.25, 0.3) is 11.1 Å². The second-order valence-electron chi connectivity index (χ2n) is 9.53. The molecule has 0 spiro atoms. The summed E-state index contributed by atoms with van der Waals surface area (Å²) in [5.41, 5.74) is 3.42. The van der Waals surface area contributed by atoms with Crippen molar-refractivity contribution in [2.75, 3.05) is 0 Å². The maximum absolute atomic E-state index is 13.6. The lowest BCUT2D eigenvalue weighted by Gasteiger charge is -2.29. The van der Waals surface area contributed by atoms with Crippen molar-refractivity contribution in [3.05, 3.63) is 86.9 Å². The van der Waals surface area contributed by atoms with Gasteiger partial charge in [0.1, 0.15) is 11.8 Å². The minimum Gasteiger partial charge on any atom is -0.508 e. The Bertz CT molecular complexity index is 1300. The number of fused-ring (bicyclic) bond motifs is 1. The van der Waals surface area contributed by atoms with Gasteiger partial charge in [0.05, 0.1) is 5.56 Å². The van der Waals surface area contributed by atoms with Gasteiger partial charge in [-0.05, 0) is 62.6 Å². The number of aromatic hydroxyl groups is 1. The third kappa shape index (κ3) is 4.50. The summed E-state index contributed by atoms with van der Waals surface area (Å²) < 4.78 is 0. The van der Waals surface area contributed by atoms with Crippen LogP contribution in [0.2, 0.25) is 10.0 Å². The highest BCUT2D eigenvalue weighted by Crippen LogP contribution is 2.41. The van der Waals surface area contributed by atoms with Crippen LogP contribution in [0.4, 0.5) is 0 Å². The molecule has 3 aromatic carbocycles. The molecule has 1 heterocycles. The Morgan fingerprint density at radius 3 is 2.44 bits per heavy atom. The van der Waals surface area contributed by atoms with E-state index in [1.807, 2.05) is 51.1 Å². The molecule has 4 rings (SSSR count). The van der Waals surface area contributed by atoms with E-state index in [1.165, 1.54) is 6.07 Å². The SMILES string of the molecule is Cc1c(O)ccc2c1C(=O)N(Cc1ccccc1-c1ccc(Cl)cc1Cl)C2C(=O)NC(C)(C)C. The van der Waals surface area contributed by atoms with Crippen molar-refractivity contribution in [1.29, 1.82) is 0 Å². The zero-order valence-electron chi connectivity index (χ0n) is 19.4. The fourth-order valence-corrected chi connectivity index (χ4v) is 4.87. The van der Waals surface area contributed by atoms with Gasteiger partial charge in [-0.15, -0.1) is 0 Å². The molecular formula is C27H26Cl2N2O3. The molecule has 3 aromatic rings. The van der Waals surface area contributed by atoms with Crippen LogP contribution in [0.3, 0.4) is 0 Å². The maximum Gasteiger partial charge on any atom is 0.255 e. The summed E-state index contributed by atoms with van der Waals surface area (Å²) in [5, 5.41) is 14.3. The first-order valence-electron chi connectivity index (χ1n) is 11.0. The first-order chi connectivity index (χ1) is 16.0. The van der Waals surface area contributed by atoms with Crippen molar-refractivity contribution in [3.8, 4) is 16.9 Å². The van der Waals surface area contributed by atoms with E-state index in [-0.39, 0.29) is 24.1 Å². The number of hydrogen-bond donors (Lipinski definition) is 2. The average Bonchev–Trinajstić information content (AvgIpc) is 3.02. The number of rotatable bonds is 4. The minimum atomic E-state index is -0.824. The van der Waals surface area contributed by atoms with Crippen LogP contribution in [0.1, 0.15) is 53.9 Å². The molecule has 2 amide bonds. The van der Waals surface area contributed by atoms with Crippen molar-refractivity contribution < 1.29 is 14.7 Å². The Labute approximate surface area is 209 Å². The van der Waals surface area contributed by atoms with Gasteiger partial charge >= 0.3 is 0 Å². The highest BCUT2D eigenvalue weighted by Gasteiger charge is 2.43. The lowest BCUT2D eigenvalue weighted by Crippen LogP contribution is -2.46. The van der Waals surface area contributed by atoms with E-state index in [4.69, 9.17) is 23.2 Å². The molecule has 0 aromatic heterocycles. The van der Waals surface area contributed by atoms with Crippen LogP contribution in [-0.4, -0.2) is 27.4 Å². The van der Waals surface area contributed by atoms with E-state index in [0.717, 1.165) is 16.7 Å². The number of hydrogen-bond acceptors (Lipinski definition) is 3. The molecule has 176 valence electrons. The monoisotopic (exact) mass is 496 g/mol. The van der Waals surface area contributed by atoms with Crippen LogP contribution in [0, 0.1) is 6.92 Å². The summed E-state index contributed by atoms with van der Waals surface area (Å²) in [5.74, 6) is -0.543. The number of nitrogens with zero attached hydrogens (tertiary/aromatic N) is 1. The van der Waals surface area contributed by atoms with Crippen LogP contribution >= 0.6 is 23.2 Å². The Kier molecular flexibility index (Phi) is 6.36. The van der Waals surface area contributed by atoms with Gasteiger partial charge in [0.25, 0.3) is 5.91 Å². The van der Waals surface area contributed by atoms with Gasteiger partial charge in [0.15, 0.2) is 0 Å². The van der Waals surface area contributed by atoms with E-state index in [9.17, 15) is 14.7 Å². The summed E-state index contributed by atoms with van der Waals surface area (Å²) in [6.45, 7) is 7.56. The van der Waals surface area contributed by atoms with Crippen molar-refractivity contribution in [1.82, 2.24) is 10.2 Å². The first kappa shape index (κ1) is 24.1. The van der Waals surface area contributed by atoms with Gasteiger partial charge in [-0.3, -0.25) is 9.59 Å². The van der Waals surface area contributed by atoms with Crippen molar-refractivity contribution in [3.63, 3.8) is 0 Å². The lowest BCUT2D eigenvalue weighted by molar-refractivity contribution is -0.127. The van der Waals surface area contributed by atoms with Crippen molar-refractivity contribution in [2.24, 2.45) is 0 Å². The predicted octanol–water partition coefficient (Wildman–Crippen LogP) is 6.29. The number of phenolic OH excluding ortho intramolecular Hbond substituents is 1. The third-order valence-corrected chi connectivity index (χ3v) is 6.42. The standard InChI is InChI=1S/C27H26Cl2N2O3/c1-15-22(32)12-11-20-23(15)26(34)31(24(20)25(33)30-27(2,3)4)14-16-7-5-6-8-18(16)19-10-9-17(28)13-21(19)29/h5-13,24,32H,14H2,1-4H3,(H,30,33). The molecule has 0 saturated carbocycles. The zero-order chi connectivity index (χ0) is 24.8. The van der Waals surface area contributed by atoms with Gasteiger partial charge in [0, 0.05) is 33.3 Å². The number of halogens is 2. The molecule has 0 bridgehead atoms. The van der Waals surface area contributed by atoms with E-state index in [1.54, 1.807) is 30.0 Å². The fourth-order valence-electron chi connectivity index (χ4n) is 4.36. The Hall–Kier alpha value is -3.02. The normalized spacial score (nSPS) is 15.4. The molecule has 2 N–H and O–H groups in total. The number of nitrogens with one attached hydrogen (secondary N) is 1. The predicted molar refractivity (Wildman–Crippen MR) is 135 cm³/mol. The van der Waals surface area contributed by atoms with Gasteiger partial charge in [0.2, 0.25) is 5.91 Å². The number of carbonyl (C=O) groups is 2. The second kappa shape index (κ2) is 8.97. The maximum atomic E-state index is 13.6. The minimum absolute atomic E-state index is 0.0253. The topological polar surface area (TPSA) is 69.6 Å². The highest BCUT2D eigenvalue weighted by atomic mass is 35.5. The summed E-state index contributed by atoms with van der Waals surface area (Å²) in [4.78, 5) is 28.6. The number of amides is 2. The number of carbonyl (C=O) groups excluding carboxylic acids is 2. The molecule has 7 heteroatoms. The van der Waals surface area contributed by atoms with Gasteiger partial charge in [-0.25, -0.2) is 0 Å². The Balaban J connectivity index is 1.80. The van der Waals surface area contributed by atoms with Gasteiger partial charge < -0.3 is 15.3 Å². The molecule has 0 radical (unpaired) electrons. The van der Waals surface area contributed by atoms with E-state index >= 15 is 0 Å². The molecule has 0 fully saturated rings. The third-order valence-electron chi connectivity index (χ3n) is 5.88. The summed E-state index contributed by atoms with van der Waals surface area (Å²) in [6.07, 6.45) is 0. The Morgan fingerprint density at radius 1 is 1.06 bits per heavy atom. The summed E-state index contributed by atoms with van der Waals surface area (Å²) in [6, 6.07) is 15.3. The smallest absolute Gasteiger partial charge is 0.255 e. The van der Waals surface area contributed by atoms with Crippen LogP contribution in [-0.2, 0) is 11.3 Å². The summed E-state index contributed by atoms with van der Waals surface area (Å²) in [7, 11) is 0. The molecule has 34 heavy (non-hydrogen) atoms. The average molecular weight is 497 g/mol. The molecular weight excluding hydrogens is 471 g/mol. The summed E-state index contributed by atoms with van der Waals surface area (Å²) >= 11 is 12.6. The molecule has 0 aliphatic carbocycles. The van der Waals surface area contributed by atoms with E-state index in [0.29, 0.717) is 26.7 Å². The van der Waals surface area contributed by atoms with E-state index in [2.05, 4.69) is 5.32 Å². The van der Waals surface area contributed by atoms with Crippen molar-refractivity contribution in [2.45, 2.75) is 45.8 Å². The fraction of sp³-hybridized carbons (Fsp3) is 0.259. The molecule has 1 aliphatic heterocycles. The second-order valence-corrected chi connectivity index (χ2v) is 10.4. The van der Waals surface area contributed by atoms with Crippen molar-refractivity contribution >= 4 is 35.0 Å². The lowest BCUT2D eigenvalue weighted by atomic mass is 9.97. The van der Waals surface area contributed by atoms with Gasteiger partial charge in [-0.1, -0.05) is 59.6 Å². The molecule has 1 aliphatic rings. The Morgan fingerprint density at radius 2 is 1.76 bits per heavy atom. The zero-order valence-corrected chi connectivity index (χ0v) is 21.0. The largest absolute Gasteiger partial charge is 0.508 e. The van der Waals surface area contributed by atoms with Crippen LogP contribution in [0.15, 0.2) is 54.6 Å². The first-order valence-corrected chi connectivity index (χ1v) is 11.7. The molecule has 0 saturated heterocycles. The van der Waals surface area contributed by atoms with E-state index < -0.39 is 11.6 Å². The van der Waals surface area contributed by atoms with Crippen LogP contribution < -0.4 is 5.32 Å². The van der Waals surface area contributed by atoms with Crippen LogP contribution in [0.5, 0.6) is 5.75 Å². The number of benzene rings is 3. The molecule has 5 nitrogen and oxygen atoms in total.